The Bertz CT molecular complexity index is 674. The Balaban J connectivity index is 3.73. The largest absolute Gasteiger partial charge is 0.478 e. The second-order valence-electron chi connectivity index (χ2n) is 3.18. The average Bonchev–Trinajstić information content (AvgIpc) is 2.14. The number of rotatable bonds is 3. The SMILES string of the molecule is CS(=O)(=O)c1cc(C(=O)O)ccc1S(=O)(=O)Cl. The van der Waals surface area contributed by atoms with Crippen molar-refractivity contribution in [2.24, 2.45) is 0 Å². The maximum absolute atomic E-state index is 11.4. The lowest BCUT2D eigenvalue weighted by atomic mass is 10.2. The highest BCUT2D eigenvalue weighted by molar-refractivity contribution is 8.14. The first-order chi connectivity index (χ1) is 7.53. The Morgan fingerprint density at radius 1 is 1.18 bits per heavy atom. The lowest BCUT2D eigenvalue weighted by Gasteiger charge is -2.05. The number of hydrogen-bond acceptors (Lipinski definition) is 5. The maximum atomic E-state index is 11.4. The number of carboxylic acids is 1. The third-order valence-electron chi connectivity index (χ3n) is 1.85. The van der Waals surface area contributed by atoms with E-state index >= 15 is 0 Å². The van der Waals surface area contributed by atoms with E-state index in [9.17, 15) is 21.6 Å². The van der Waals surface area contributed by atoms with Crippen molar-refractivity contribution in [1.29, 1.82) is 0 Å². The number of aromatic carboxylic acids is 1. The predicted octanol–water partition coefficient (Wildman–Crippen LogP) is 0.716. The highest BCUT2D eigenvalue weighted by Gasteiger charge is 2.23. The minimum Gasteiger partial charge on any atom is -0.478 e. The standard InChI is InChI=1S/C8H7ClO6S2/c1-16(12,13)7-4-5(8(10)11)2-3-6(7)17(9,14)15/h2-4H,1H3,(H,10,11). The predicted molar refractivity (Wildman–Crippen MR) is 59.5 cm³/mol. The molecule has 0 fully saturated rings. The molecule has 94 valence electrons. The van der Waals surface area contributed by atoms with Crippen LogP contribution in [-0.2, 0) is 18.9 Å². The first kappa shape index (κ1) is 13.9. The van der Waals surface area contributed by atoms with Gasteiger partial charge in [0.2, 0.25) is 0 Å². The van der Waals surface area contributed by atoms with E-state index in [1.165, 1.54) is 0 Å². The summed E-state index contributed by atoms with van der Waals surface area (Å²) in [5.41, 5.74) is -0.338. The molecule has 9 heteroatoms. The number of hydrogen-bond donors (Lipinski definition) is 1. The maximum Gasteiger partial charge on any atom is 0.335 e. The van der Waals surface area contributed by atoms with Gasteiger partial charge in [0.1, 0.15) is 4.90 Å². The van der Waals surface area contributed by atoms with Crippen LogP contribution in [0.3, 0.4) is 0 Å². The molecule has 6 nitrogen and oxygen atoms in total. The zero-order valence-corrected chi connectivity index (χ0v) is 10.8. The molecule has 0 radical (unpaired) electrons. The number of halogens is 1. The first-order valence-electron chi connectivity index (χ1n) is 4.05. The zero-order chi connectivity index (χ0) is 13.4. The van der Waals surface area contributed by atoms with Gasteiger partial charge >= 0.3 is 5.97 Å². The summed E-state index contributed by atoms with van der Waals surface area (Å²) in [7, 11) is -3.10. The third-order valence-corrected chi connectivity index (χ3v) is 4.50. The Labute approximate surface area is 102 Å². The topological polar surface area (TPSA) is 106 Å². The van der Waals surface area contributed by atoms with Crippen molar-refractivity contribution < 1.29 is 26.7 Å². The van der Waals surface area contributed by atoms with Crippen molar-refractivity contribution in [1.82, 2.24) is 0 Å². The number of benzene rings is 1. The molecule has 0 atom stereocenters. The van der Waals surface area contributed by atoms with Gasteiger partial charge in [-0.3, -0.25) is 0 Å². The fourth-order valence-corrected chi connectivity index (χ4v) is 3.76. The molecule has 1 aromatic rings. The summed E-state index contributed by atoms with van der Waals surface area (Å²) in [6.07, 6.45) is 0.763. The van der Waals surface area contributed by atoms with Gasteiger partial charge in [0.05, 0.1) is 10.5 Å². The molecule has 0 spiro atoms. The summed E-state index contributed by atoms with van der Waals surface area (Å²) in [6.45, 7) is 0. The molecule has 1 N–H and O–H groups in total. The van der Waals surface area contributed by atoms with Crippen molar-refractivity contribution in [2.45, 2.75) is 9.79 Å². The molecule has 0 unspecified atom stereocenters. The van der Waals surface area contributed by atoms with E-state index < -0.39 is 34.6 Å². The van der Waals surface area contributed by atoms with Gasteiger partial charge in [0.25, 0.3) is 9.05 Å². The first-order valence-corrected chi connectivity index (χ1v) is 8.25. The van der Waals surface area contributed by atoms with Gasteiger partial charge in [0.15, 0.2) is 9.84 Å². The number of sulfone groups is 1. The molecular formula is C8H7ClO6S2. The lowest BCUT2D eigenvalue weighted by molar-refractivity contribution is 0.0696. The summed E-state index contributed by atoms with van der Waals surface area (Å²) in [4.78, 5) is 9.40. The van der Waals surface area contributed by atoms with Crippen LogP contribution in [0, 0.1) is 0 Å². The fourth-order valence-electron chi connectivity index (χ4n) is 1.13. The third kappa shape index (κ3) is 3.18. The Hall–Kier alpha value is -1.12. The van der Waals surface area contributed by atoms with Crippen LogP contribution in [0.25, 0.3) is 0 Å². The Kier molecular flexibility index (Phi) is 3.51. The number of carbonyl (C=O) groups is 1. The summed E-state index contributed by atoms with van der Waals surface area (Å²) in [6, 6.07) is 2.57. The summed E-state index contributed by atoms with van der Waals surface area (Å²) >= 11 is 0. The van der Waals surface area contributed by atoms with Crippen molar-refractivity contribution in [2.75, 3.05) is 6.26 Å². The quantitative estimate of drug-likeness (QED) is 0.824. The summed E-state index contributed by atoms with van der Waals surface area (Å²) < 4.78 is 45.0. The molecule has 0 bridgehead atoms. The van der Waals surface area contributed by atoms with Crippen LogP contribution in [0.5, 0.6) is 0 Å². The fraction of sp³-hybridized carbons (Fsp3) is 0.125. The monoisotopic (exact) mass is 298 g/mol. The van der Waals surface area contributed by atoms with E-state index in [2.05, 4.69) is 0 Å². The minimum atomic E-state index is -4.26. The van der Waals surface area contributed by atoms with Gasteiger partial charge < -0.3 is 5.11 Å². The summed E-state index contributed by atoms with van der Waals surface area (Å²) in [5.74, 6) is -1.37. The van der Waals surface area contributed by atoms with E-state index in [0.717, 1.165) is 24.5 Å². The van der Waals surface area contributed by atoms with Crippen molar-refractivity contribution >= 4 is 35.5 Å². The Morgan fingerprint density at radius 2 is 1.71 bits per heavy atom. The smallest absolute Gasteiger partial charge is 0.335 e. The molecule has 0 amide bonds. The van der Waals surface area contributed by atoms with Crippen molar-refractivity contribution in [3.63, 3.8) is 0 Å². The van der Waals surface area contributed by atoms with Gasteiger partial charge in [0, 0.05) is 16.9 Å². The van der Waals surface area contributed by atoms with Crippen LogP contribution in [0.15, 0.2) is 28.0 Å². The number of carboxylic acid groups (broad SMARTS) is 1. The average molecular weight is 299 g/mol. The molecule has 0 aliphatic carbocycles. The van der Waals surface area contributed by atoms with E-state index in [1.807, 2.05) is 0 Å². The molecule has 0 saturated carbocycles. The second kappa shape index (κ2) is 4.28. The molecule has 0 aliphatic heterocycles. The van der Waals surface area contributed by atoms with Gasteiger partial charge in [-0.25, -0.2) is 21.6 Å². The molecule has 0 saturated heterocycles. The Morgan fingerprint density at radius 3 is 2.06 bits per heavy atom. The van der Waals surface area contributed by atoms with E-state index in [4.69, 9.17) is 15.8 Å². The van der Waals surface area contributed by atoms with Crippen LogP contribution in [0.2, 0.25) is 0 Å². The van der Waals surface area contributed by atoms with E-state index in [-0.39, 0.29) is 5.56 Å². The van der Waals surface area contributed by atoms with Crippen LogP contribution in [0.4, 0.5) is 0 Å². The molecule has 1 rings (SSSR count). The van der Waals surface area contributed by atoms with Gasteiger partial charge in [-0.2, -0.15) is 0 Å². The zero-order valence-electron chi connectivity index (χ0n) is 8.41. The van der Waals surface area contributed by atoms with Crippen LogP contribution in [0.1, 0.15) is 10.4 Å². The molecular weight excluding hydrogens is 292 g/mol. The molecule has 17 heavy (non-hydrogen) atoms. The highest BCUT2D eigenvalue weighted by Crippen LogP contribution is 2.25. The summed E-state index contributed by atoms with van der Waals surface area (Å²) in [5, 5.41) is 8.69. The lowest BCUT2D eigenvalue weighted by Crippen LogP contribution is -2.07. The van der Waals surface area contributed by atoms with Crippen LogP contribution >= 0.6 is 10.7 Å². The highest BCUT2D eigenvalue weighted by atomic mass is 35.7. The minimum absolute atomic E-state index is 0.338. The molecule has 1 aromatic carbocycles. The van der Waals surface area contributed by atoms with Crippen molar-refractivity contribution in [3.05, 3.63) is 23.8 Å². The van der Waals surface area contributed by atoms with Gasteiger partial charge in [-0.05, 0) is 18.2 Å². The van der Waals surface area contributed by atoms with Crippen LogP contribution < -0.4 is 0 Å². The van der Waals surface area contributed by atoms with Gasteiger partial charge in [-0.15, -0.1) is 0 Å². The second-order valence-corrected chi connectivity index (χ2v) is 7.70. The normalized spacial score (nSPS) is 12.4. The molecule has 0 aromatic heterocycles. The molecule has 0 aliphatic rings. The van der Waals surface area contributed by atoms with Crippen LogP contribution in [-0.4, -0.2) is 34.2 Å². The van der Waals surface area contributed by atoms with Crippen molar-refractivity contribution in [3.8, 4) is 0 Å². The molecule has 0 heterocycles. The van der Waals surface area contributed by atoms with E-state index in [1.54, 1.807) is 0 Å². The van der Waals surface area contributed by atoms with Gasteiger partial charge in [-0.1, -0.05) is 0 Å². The van der Waals surface area contributed by atoms with E-state index in [0.29, 0.717) is 0 Å².